The van der Waals surface area contributed by atoms with Gasteiger partial charge >= 0.3 is 0 Å². The van der Waals surface area contributed by atoms with Crippen LogP contribution < -0.4 is 5.32 Å². The maximum Gasteiger partial charge on any atom is 0.267 e. The first kappa shape index (κ1) is 15.8. The van der Waals surface area contributed by atoms with E-state index in [2.05, 4.69) is 29.5 Å². The topological polar surface area (TPSA) is 68.7 Å². The summed E-state index contributed by atoms with van der Waals surface area (Å²) in [7, 11) is -0.997. The number of aromatic nitrogens is 1. The lowest BCUT2D eigenvalue weighted by atomic mass is 10.1. The fourth-order valence-electron chi connectivity index (χ4n) is 3.41. The molecule has 0 radical (unpaired) electrons. The van der Waals surface area contributed by atoms with Gasteiger partial charge in [-0.1, -0.05) is 25.2 Å². The molecule has 1 aromatic heterocycles. The highest BCUT2D eigenvalue weighted by molar-refractivity contribution is 6.77. The molecule has 0 aliphatic carbocycles. The third-order valence-corrected chi connectivity index (χ3v) is 8.28. The number of hydrogen-bond acceptors (Lipinski definition) is 2. The van der Waals surface area contributed by atoms with Crippen molar-refractivity contribution in [3.05, 3.63) is 35.0 Å². The zero-order valence-electron chi connectivity index (χ0n) is 14.0. The summed E-state index contributed by atoms with van der Waals surface area (Å²) < 4.78 is 0. The van der Waals surface area contributed by atoms with Crippen LogP contribution in [0.5, 0.6) is 0 Å². The Morgan fingerprint density at radius 3 is 2.65 bits per heavy atom. The zero-order valence-corrected chi connectivity index (χ0v) is 15.0. The SMILES string of the molecule is Cc1cc(C#N)cc2[nH]c(C(=O)NC3CC[Si](C)(C)CC3)cc12. The number of nitrogens with one attached hydrogen (secondary N) is 2. The minimum Gasteiger partial charge on any atom is -0.350 e. The summed E-state index contributed by atoms with van der Waals surface area (Å²) in [5.41, 5.74) is 3.06. The molecule has 1 aromatic carbocycles. The largest absolute Gasteiger partial charge is 0.350 e. The highest BCUT2D eigenvalue weighted by Gasteiger charge is 2.29. The number of carbonyl (C=O) groups is 1. The number of nitriles is 1. The van der Waals surface area contributed by atoms with E-state index in [4.69, 9.17) is 5.26 Å². The van der Waals surface area contributed by atoms with E-state index < -0.39 is 8.07 Å². The van der Waals surface area contributed by atoms with Crippen LogP contribution in [0.2, 0.25) is 25.2 Å². The van der Waals surface area contributed by atoms with Gasteiger partial charge in [0.1, 0.15) is 5.69 Å². The van der Waals surface area contributed by atoms with E-state index in [1.54, 1.807) is 6.07 Å². The van der Waals surface area contributed by atoms with Crippen LogP contribution in [-0.4, -0.2) is 25.0 Å². The summed E-state index contributed by atoms with van der Waals surface area (Å²) in [4.78, 5) is 15.7. The molecular weight excluding hydrogens is 302 g/mol. The number of H-pyrrole nitrogens is 1. The van der Waals surface area contributed by atoms with Crippen molar-refractivity contribution in [2.45, 2.75) is 51.0 Å². The van der Waals surface area contributed by atoms with Crippen molar-refractivity contribution < 1.29 is 4.79 Å². The number of hydrogen-bond donors (Lipinski definition) is 2. The fourth-order valence-corrected chi connectivity index (χ4v) is 5.92. The molecule has 2 heterocycles. The monoisotopic (exact) mass is 325 g/mol. The Morgan fingerprint density at radius 2 is 2.00 bits per heavy atom. The molecule has 120 valence electrons. The molecule has 1 aliphatic rings. The molecule has 1 fully saturated rings. The van der Waals surface area contributed by atoms with Gasteiger partial charge in [0.2, 0.25) is 0 Å². The smallest absolute Gasteiger partial charge is 0.267 e. The Hall–Kier alpha value is -2.06. The Kier molecular flexibility index (Phi) is 4.03. The first-order chi connectivity index (χ1) is 10.9. The molecule has 1 amide bonds. The molecule has 2 aromatic rings. The second kappa shape index (κ2) is 5.86. The van der Waals surface area contributed by atoms with Gasteiger partial charge < -0.3 is 10.3 Å². The lowest BCUT2D eigenvalue weighted by Crippen LogP contribution is -2.42. The van der Waals surface area contributed by atoms with Gasteiger partial charge in [-0.3, -0.25) is 4.79 Å². The number of carbonyl (C=O) groups excluding carboxylic acids is 1. The van der Waals surface area contributed by atoms with Gasteiger partial charge in [0.25, 0.3) is 5.91 Å². The van der Waals surface area contributed by atoms with Gasteiger partial charge in [0.15, 0.2) is 0 Å². The van der Waals surface area contributed by atoms with Crippen molar-refractivity contribution in [3.8, 4) is 6.07 Å². The molecule has 4 nitrogen and oxygen atoms in total. The average Bonchev–Trinajstić information content (AvgIpc) is 2.94. The van der Waals surface area contributed by atoms with Gasteiger partial charge in [-0.2, -0.15) is 5.26 Å². The number of amides is 1. The first-order valence-corrected chi connectivity index (χ1v) is 11.6. The number of nitrogens with zero attached hydrogens (tertiary/aromatic N) is 1. The summed E-state index contributed by atoms with van der Waals surface area (Å²) in [6, 6.07) is 10.6. The van der Waals surface area contributed by atoms with Crippen molar-refractivity contribution in [1.82, 2.24) is 10.3 Å². The summed E-state index contributed by atoms with van der Waals surface area (Å²) in [5.74, 6) is -0.0366. The van der Waals surface area contributed by atoms with Crippen LogP contribution in [0.25, 0.3) is 10.9 Å². The average molecular weight is 325 g/mol. The molecule has 0 saturated carbocycles. The maximum atomic E-state index is 12.5. The predicted octanol–water partition coefficient (Wildman–Crippen LogP) is 3.95. The molecule has 1 aliphatic heterocycles. The van der Waals surface area contributed by atoms with Gasteiger partial charge in [-0.15, -0.1) is 0 Å². The molecule has 0 unspecified atom stereocenters. The first-order valence-electron chi connectivity index (χ1n) is 8.22. The molecule has 0 bridgehead atoms. The molecule has 0 spiro atoms. The molecule has 1 saturated heterocycles. The van der Waals surface area contributed by atoms with E-state index in [0.717, 1.165) is 29.3 Å². The Labute approximate surface area is 137 Å². The van der Waals surface area contributed by atoms with E-state index in [0.29, 0.717) is 17.3 Å². The summed E-state index contributed by atoms with van der Waals surface area (Å²) in [6.07, 6.45) is 2.20. The van der Waals surface area contributed by atoms with Gasteiger partial charge in [-0.25, -0.2) is 0 Å². The molecule has 23 heavy (non-hydrogen) atoms. The third-order valence-electron chi connectivity index (χ3n) is 4.99. The Balaban J connectivity index is 1.77. The molecule has 5 heteroatoms. The second-order valence-electron chi connectivity index (χ2n) is 7.46. The van der Waals surface area contributed by atoms with Crippen LogP contribution in [0.4, 0.5) is 0 Å². The van der Waals surface area contributed by atoms with Crippen molar-refractivity contribution in [1.29, 1.82) is 5.26 Å². The normalized spacial score (nSPS) is 17.8. The van der Waals surface area contributed by atoms with E-state index in [1.807, 2.05) is 19.1 Å². The number of benzene rings is 1. The molecule has 2 N–H and O–H groups in total. The van der Waals surface area contributed by atoms with Crippen LogP contribution in [0.3, 0.4) is 0 Å². The van der Waals surface area contributed by atoms with Crippen molar-refractivity contribution in [2.24, 2.45) is 0 Å². The van der Waals surface area contributed by atoms with E-state index >= 15 is 0 Å². The maximum absolute atomic E-state index is 12.5. The zero-order chi connectivity index (χ0) is 16.6. The Morgan fingerprint density at radius 1 is 1.30 bits per heavy atom. The quantitative estimate of drug-likeness (QED) is 0.821. The summed E-state index contributed by atoms with van der Waals surface area (Å²) in [5, 5.41) is 13.2. The van der Waals surface area contributed by atoms with E-state index in [9.17, 15) is 4.79 Å². The van der Waals surface area contributed by atoms with Crippen LogP contribution in [0.15, 0.2) is 18.2 Å². The molecule has 3 rings (SSSR count). The number of rotatable bonds is 2. The number of aryl methyl sites for hydroxylation is 1. The van der Waals surface area contributed by atoms with Crippen molar-refractivity contribution >= 4 is 24.9 Å². The lowest BCUT2D eigenvalue weighted by Gasteiger charge is -2.33. The fraction of sp³-hybridized carbons (Fsp3) is 0.444. The van der Waals surface area contributed by atoms with E-state index in [-0.39, 0.29) is 5.91 Å². The Bertz CT molecular complexity index is 790. The molecule has 0 atom stereocenters. The highest BCUT2D eigenvalue weighted by atomic mass is 28.3. The lowest BCUT2D eigenvalue weighted by molar-refractivity contribution is 0.0929. The minimum absolute atomic E-state index is 0.0366. The van der Waals surface area contributed by atoms with Crippen molar-refractivity contribution in [3.63, 3.8) is 0 Å². The van der Waals surface area contributed by atoms with Gasteiger partial charge in [-0.05, 0) is 43.5 Å². The van der Waals surface area contributed by atoms with Crippen LogP contribution in [0, 0.1) is 18.3 Å². The standard InChI is InChI=1S/C18H23N3OSi/c1-12-8-13(11-19)9-16-15(12)10-17(21-16)18(22)20-14-4-6-23(2,3)7-5-14/h8-10,14,21H,4-7H2,1-3H3,(H,20,22). The number of aromatic amines is 1. The minimum atomic E-state index is -0.997. The predicted molar refractivity (Wildman–Crippen MR) is 95.3 cm³/mol. The van der Waals surface area contributed by atoms with Gasteiger partial charge in [0, 0.05) is 25.0 Å². The summed E-state index contributed by atoms with van der Waals surface area (Å²) in [6.45, 7) is 6.82. The number of fused-ring (bicyclic) bond motifs is 1. The van der Waals surface area contributed by atoms with Crippen LogP contribution >= 0.6 is 0 Å². The highest BCUT2D eigenvalue weighted by Crippen LogP contribution is 2.28. The third kappa shape index (κ3) is 3.32. The van der Waals surface area contributed by atoms with Gasteiger partial charge in [0.05, 0.1) is 11.6 Å². The van der Waals surface area contributed by atoms with E-state index in [1.165, 1.54) is 12.1 Å². The van der Waals surface area contributed by atoms with Crippen LogP contribution in [0.1, 0.15) is 34.5 Å². The van der Waals surface area contributed by atoms with Crippen molar-refractivity contribution in [2.75, 3.05) is 0 Å². The molecular formula is C18H23N3OSi. The summed E-state index contributed by atoms with van der Waals surface area (Å²) >= 11 is 0. The second-order valence-corrected chi connectivity index (χ2v) is 12.8. The van der Waals surface area contributed by atoms with Crippen LogP contribution in [-0.2, 0) is 0 Å².